The number of nitrogens with one attached hydrogen (secondary N) is 1. The number of hydrogen-bond donors (Lipinski definition) is 1. The largest absolute Gasteiger partial charge is 0.345 e. The van der Waals surface area contributed by atoms with Crippen LogP contribution in [-0.4, -0.2) is 34.9 Å². The van der Waals surface area contributed by atoms with E-state index in [1.807, 2.05) is 24.3 Å². The highest BCUT2D eigenvalue weighted by molar-refractivity contribution is 6.01. The molecule has 0 aliphatic carbocycles. The number of nitriles is 1. The molecule has 1 aromatic heterocycles. The summed E-state index contributed by atoms with van der Waals surface area (Å²) in [6, 6.07) is 7.44. The number of carbonyl (C=O) groups excluding carboxylic acids is 1. The Labute approximate surface area is 104 Å². The summed E-state index contributed by atoms with van der Waals surface area (Å²) in [5.74, 6) is -0.306. The number of amides is 1. The van der Waals surface area contributed by atoms with Crippen molar-refractivity contribution in [3.8, 4) is 6.07 Å². The number of fused-ring (bicyclic) bond motifs is 1. The Kier molecular flexibility index (Phi) is 3.11. The van der Waals surface area contributed by atoms with E-state index in [2.05, 4.69) is 9.97 Å². The van der Waals surface area contributed by atoms with E-state index in [1.165, 1.54) is 4.90 Å². The van der Waals surface area contributed by atoms with Gasteiger partial charge in [-0.3, -0.25) is 4.79 Å². The Morgan fingerprint density at radius 3 is 2.94 bits per heavy atom. The smallest absolute Gasteiger partial charge is 0.264 e. The minimum atomic E-state index is -0.306. The summed E-state index contributed by atoms with van der Waals surface area (Å²) in [4.78, 5) is 20.2. The molecule has 0 aliphatic heterocycles. The van der Waals surface area contributed by atoms with Gasteiger partial charge in [0.05, 0.1) is 17.4 Å². The van der Waals surface area contributed by atoms with Crippen molar-refractivity contribution in [3.05, 3.63) is 35.7 Å². The fraction of sp³-hybridized carbons (Fsp3) is 0.154. The van der Waals surface area contributed by atoms with Gasteiger partial charge < -0.3 is 9.88 Å². The topological polar surface area (TPSA) is 72.8 Å². The Morgan fingerprint density at radius 1 is 1.50 bits per heavy atom. The number of carbonyl (C=O) groups is 1. The Hall–Kier alpha value is -2.61. The fourth-order valence-electron chi connectivity index (χ4n) is 1.59. The maximum atomic E-state index is 11.7. The third-order valence-corrected chi connectivity index (χ3v) is 2.51. The maximum absolute atomic E-state index is 11.7. The van der Waals surface area contributed by atoms with Crippen LogP contribution in [0.15, 0.2) is 30.1 Å². The molecule has 2 rings (SSSR count). The van der Waals surface area contributed by atoms with Crippen molar-refractivity contribution >= 4 is 23.0 Å². The lowest BCUT2D eigenvalue weighted by Crippen LogP contribution is -2.22. The van der Waals surface area contributed by atoms with Crippen molar-refractivity contribution in [2.75, 3.05) is 14.1 Å². The van der Waals surface area contributed by atoms with Crippen LogP contribution in [0.5, 0.6) is 0 Å². The lowest BCUT2D eigenvalue weighted by atomic mass is 10.1. The third-order valence-electron chi connectivity index (χ3n) is 2.51. The lowest BCUT2D eigenvalue weighted by Gasteiger charge is -2.08. The van der Waals surface area contributed by atoms with Crippen LogP contribution in [0.1, 0.15) is 5.56 Å². The normalized spacial score (nSPS) is 11.3. The molecule has 1 aromatic carbocycles. The molecule has 0 spiro atoms. The van der Waals surface area contributed by atoms with Crippen molar-refractivity contribution in [2.45, 2.75) is 0 Å². The van der Waals surface area contributed by atoms with Crippen molar-refractivity contribution in [2.24, 2.45) is 0 Å². The molecule has 90 valence electrons. The Morgan fingerprint density at radius 2 is 2.28 bits per heavy atom. The predicted molar refractivity (Wildman–Crippen MR) is 68.4 cm³/mol. The Bertz CT molecular complexity index is 661. The highest BCUT2D eigenvalue weighted by Crippen LogP contribution is 2.14. The molecule has 0 radical (unpaired) electrons. The predicted octanol–water partition coefficient (Wildman–Crippen LogP) is 1.56. The highest BCUT2D eigenvalue weighted by atomic mass is 16.2. The van der Waals surface area contributed by atoms with Crippen LogP contribution in [-0.2, 0) is 4.79 Å². The van der Waals surface area contributed by atoms with Crippen LogP contribution in [0, 0.1) is 11.3 Å². The zero-order valence-corrected chi connectivity index (χ0v) is 10.1. The summed E-state index contributed by atoms with van der Waals surface area (Å²) >= 11 is 0. The molecule has 0 bridgehead atoms. The molecule has 1 N–H and O–H groups in total. The first-order valence-corrected chi connectivity index (χ1v) is 5.38. The number of H-pyrrole nitrogens is 1. The van der Waals surface area contributed by atoms with Gasteiger partial charge in [-0.1, -0.05) is 6.07 Å². The van der Waals surface area contributed by atoms with E-state index >= 15 is 0 Å². The molecular formula is C13H12N4O. The molecule has 18 heavy (non-hydrogen) atoms. The van der Waals surface area contributed by atoms with Gasteiger partial charge in [-0.15, -0.1) is 0 Å². The monoisotopic (exact) mass is 240 g/mol. The zero-order chi connectivity index (χ0) is 13.1. The summed E-state index contributed by atoms with van der Waals surface area (Å²) in [7, 11) is 3.23. The van der Waals surface area contributed by atoms with E-state index in [9.17, 15) is 4.79 Å². The van der Waals surface area contributed by atoms with Crippen molar-refractivity contribution in [1.82, 2.24) is 14.9 Å². The van der Waals surface area contributed by atoms with E-state index in [1.54, 1.807) is 26.5 Å². The average Bonchev–Trinajstić information content (AvgIpc) is 2.82. The average molecular weight is 240 g/mol. The molecule has 1 heterocycles. The SMILES string of the molecule is CN(C)C(=O)/C(C#N)=C/c1ccc2[nH]cnc2c1. The van der Waals surface area contributed by atoms with E-state index < -0.39 is 0 Å². The number of nitrogens with zero attached hydrogens (tertiary/aromatic N) is 3. The lowest BCUT2D eigenvalue weighted by molar-refractivity contribution is -0.124. The molecular weight excluding hydrogens is 228 g/mol. The maximum Gasteiger partial charge on any atom is 0.264 e. The quantitative estimate of drug-likeness (QED) is 0.639. The molecule has 0 unspecified atom stereocenters. The van der Waals surface area contributed by atoms with Gasteiger partial charge in [0, 0.05) is 14.1 Å². The first-order chi connectivity index (χ1) is 8.61. The summed E-state index contributed by atoms with van der Waals surface area (Å²) in [5.41, 5.74) is 2.61. The number of hydrogen-bond acceptors (Lipinski definition) is 3. The van der Waals surface area contributed by atoms with Gasteiger partial charge in [0.15, 0.2) is 0 Å². The second kappa shape index (κ2) is 4.72. The molecule has 0 atom stereocenters. The minimum Gasteiger partial charge on any atom is -0.345 e. The summed E-state index contributed by atoms with van der Waals surface area (Å²) in [5, 5.41) is 8.99. The second-order valence-electron chi connectivity index (χ2n) is 4.05. The summed E-state index contributed by atoms with van der Waals surface area (Å²) < 4.78 is 0. The van der Waals surface area contributed by atoms with Gasteiger partial charge in [0.2, 0.25) is 0 Å². The number of imidazole rings is 1. The van der Waals surface area contributed by atoms with Crippen LogP contribution in [0.4, 0.5) is 0 Å². The van der Waals surface area contributed by atoms with Crippen LogP contribution in [0.2, 0.25) is 0 Å². The van der Waals surface area contributed by atoms with Gasteiger partial charge in [0.1, 0.15) is 11.6 Å². The molecule has 2 aromatic rings. The first kappa shape index (κ1) is 11.9. The fourth-order valence-corrected chi connectivity index (χ4v) is 1.59. The first-order valence-electron chi connectivity index (χ1n) is 5.38. The van der Waals surface area contributed by atoms with Crippen molar-refractivity contribution in [1.29, 1.82) is 5.26 Å². The van der Waals surface area contributed by atoms with E-state index in [-0.39, 0.29) is 11.5 Å². The van der Waals surface area contributed by atoms with Gasteiger partial charge in [0.25, 0.3) is 5.91 Å². The van der Waals surface area contributed by atoms with Crippen LogP contribution in [0.3, 0.4) is 0 Å². The molecule has 0 saturated heterocycles. The van der Waals surface area contributed by atoms with Crippen LogP contribution >= 0.6 is 0 Å². The molecule has 5 heteroatoms. The van der Waals surface area contributed by atoms with Crippen molar-refractivity contribution in [3.63, 3.8) is 0 Å². The molecule has 0 saturated carbocycles. The number of benzene rings is 1. The third kappa shape index (κ3) is 2.23. The van der Waals surface area contributed by atoms with Gasteiger partial charge in [-0.25, -0.2) is 4.98 Å². The van der Waals surface area contributed by atoms with Crippen LogP contribution in [0.25, 0.3) is 17.1 Å². The van der Waals surface area contributed by atoms with Gasteiger partial charge >= 0.3 is 0 Å². The van der Waals surface area contributed by atoms with E-state index in [4.69, 9.17) is 5.26 Å². The standard InChI is InChI=1S/C13H12N4O/c1-17(2)13(18)10(7-14)5-9-3-4-11-12(6-9)16-8-15-11/h3-6,8H,1-2H3,(H,15,16)/b10-5+. The number of aromatic nitrogens is 2. The summed E-state index contributed by atoms with van der Waals surface area (Å²) in [6.07, 6.45) is 3.17. The molecule has 5 nitrogen and oxygen atoms in total. The van der Waals surface area contributed by atoms with Gasteiger partial charge in [-0.2, -0.15) is 5.26 Å². The highest BCUT2D eigenvalue weighted by Gasteiger charge is 2.11. The second-order valence-corrected chi connectivity index (χ2v) is 4.05. The number of aromatic amines is 1. The summed E-state index contributed by atoms with van der Waals surface area (Å²) in [6.45, 7) is 0. The zero-order valence-electron chi connectivity index (χ0n) is 10.1. The number of likely N-dealkylation sites (N-methyl/N-ethyl adjacent to an activating group) is 1. The number of rotatable bonds is 2. The molecule has 0 aliphatic rings. The minimum absolute atomic E-state index is 0.106. The Balaban J connectivity index is 2.41. The molecule has 0 fully saturated rings. The van der Waals surface area contributed by atoms with Gasteiger partial charge in [-0.05, 0) is 23.8 Å². The van der Waals surface area contributed by atoms with Crippen LogP contribution < -0.4 is 0 Å². The van der Waals surface area contributed by atoms with E-state index in [0.29, 0.717) is 0 Å². The van der Waals surface area contributed by atoms with Crippen molar-refractivity contribution < 1.29 is 4.79 Å². The molecule has 1 amide bonds. The van der Waals surface area contributed by atoms with E-state index in [0.717, 1.165) is 16.6 Å².